The summed E-state index contributed by atoms with van der Waals surface area (Å²) in [4.78, 5) is 19.3. The van der Waals surface area contributed by atoms with Crippen molar-refractivity contribution in [3.8, 4) is 0 Å². The number of nitrogens with one attached hydrogen (secondary N) is 1. The topological polar surface area (TPSA) is 45.2 Å². The fraction of sp³-hybridized carbons (Fsp3) is 0.368. The van der Waals surface area contributed by atoms with Crippen LogP contribution in [0.2, 0.25) is 0 Å². The number of amides is 2. The van der Waals surface area contributed by atoms with Crippen LogP contribution in [0.3, 0.4) is 0 Å². The van der Waals surface area contributed by atoms with E-state index >= 15 is 0 Å². The van der Waals surface area contributed by atoms with Gasteiger partial charge in [-0.25, -0.2) is 4.79 Å². The van der Waals surface area contributed by atoms with Gasteiger partial charge in [0.2, 0.25) is 0 Å². The second-order valence-electron chi connectivity index (χ2n) is 6.12. The molecule has 0 saturated carbocycles. The van der Waals surface area contributed by atoms with Gasteiger partial charge in [-0.15, -0.1) is 11.8 Å². The van der Waals surface area contributed by atoms with Crippen molar-refractivity contribution in [2.45, 2.75) is 43.5 Å². The largest absolute Gasteiger partial charge is 0.331 e. The molecule has 0 saturated heterocycles. The molecule has 2 amide bonds. The van der Waals surface area contributed by atoms with E-state index in [1.807, 2.05) is 30.8 Å². The second kappa shape index (κ2) is 8.73. The molecule has 128 valence electrons. The summed E-state index contributed by atoms with van der Waals surface area (Å²) in [5, 5.41) is 3.61. The number of hydrogen-bond acceptors (Lipinski definition) is 3. The lowest BCUT2D eigenvalue weighted by molar-refractivity contribution is 0.203. The van der Waals surface area contributed by atoms with E-state index < -0.39 is 0 Å². The van der Waals surface area contributed by atoms with Crippen LogP contribution < -0.4 is 5.32 Å². The van der Waals surface area contributed by atoms with Gasteiger partial charge in [-0.2, -0.15) is 0 Å². The first-order valence-corrected chi connectivity index (χ1v) is 9.01. The third-order valence-corrected chi connectivity index (χ3v) is 4.62. The molecule has 0 radical (unpaired) electrons. The van der Waals surface area contributed by atoms with Gasteiger partial charge in [-0.1, -0.05) is 26.0 Å². The number of pyridine rings is 1. The normalized spacial score (nSPS) is 12.0. The first kappa shape index (κ1) is 18.3. The number of rotatable bonds is 6. The van der Waals surface area contributed by atoms with E-state index in [9.17, 15) is 4.79 Å². The Morgan fingerprint density at radius 2 is 1.75 bits per heavy atom. The summed E-state index contributed by atoms with van der Waals surface area (Å²) in [5.41, 5.74) is 2.17. The summed E-state index contributed by atoms with van der Waals surface area (Å²) in [6, 6.07) is 12.1. The van der Waals surface area contributed by atoms with Gasteiger partial charge in [0.1, 0.15) is 0 Å². The summed E-state index contributed by atoms with van der Waals surface area (Å²) >= 11 is 1.84. The van der Waals surface area contributed by atoms with Crippen molar-refractivity contribution in [3.05, 3.63) is 59.9 Å². The molecule has 4 nitrogen and oxygen atoms in total. The first-order chi connectivity index (χ1) is 11.5. The second-order valence-corrected chi connectivity index (χ2v) is 7.77. The maximum absolute atomic E-state index is 12.3. The van der Waals surface area contributed by atoms with Gasteiger partial charge in [-0.3, -0.25) is 4.98 Å². The van der Waals surface area contributed by atoms with Crippen LogP contribution in [0.5, 0.6) is 0 Å². The summed E-state index contributed by atoms with van der Waals surface area (Å²) in [6.07, 6.45) is 3.47. The fourth-order valence-electron chi connectivity index (χ4n) is 2.32. The lowest BCUT2D eigenvalue weighted by atomic mass is 10.1. The predicted octanol–water partition coefficient (Wildman–Crippen LogP) is 4.48. The minimum Gasteiger partial charge on any atom is -0.331 e. The number of carbonyl (C=O) groups excluding carboxylic acids is 1. The highest BCUT2D eigenvalue weighted by atomic mass is 32.2. The molecule has 1 N–H and O–H groups in total. The standard InChI is InChI=1S/C19H25N3OS/c1-14(2)24-18-7-5-17(6-8-18)15(3)21-19(23)22(4)13-16-9-11-20-12-10-16/h5-12,14-15H,13H2,1-4H3,(H,21,23). The zero-order valence-electron chi connectivity index (χ0n) is 14.7. The average molecular weight is 343 g/mol. The molecule has 1 aromatic heterocycles. The van der Waals surface area contributed by atoms with Gasteiger partial charge in [0, 0.05) is 36.1 Å². The smallest absolute Gasteiger partial charge is 0.317 e. The molecular formula is C19H25N3OS. The summed E-state index contributed by atoms with van der Waals surface area (Å²) in [6.45, 7) is 6.92. The van der Waals surface area contributed by atoms with E-state index in [4.69, 9.17) is 0 Å². The Kier molecular flexibility index (Phi) is 6.67. The van der Waals surface area contributed by atoms with Gasteiger partial charge >= 0.3 is 6.03 Å². The predicted molar refractivity (Wildman–Crippen MR) is 100 cm³/mol. The zero-order valence-corrected chi connectivity index (χ0v) is 15.5. The fourth-order valence-corrected chi connectivity index (χ4v) is 3.16. The Labute approximate surface area is 148 Å². The molecule has 0 aliphatic heterocycles. The molecule has 0 aliphatic carbocycles. The van der Waals surface area contributed by atoms with Crippen LogP contribution in [-0.4, -0.2) is 28.2 Å². The highest BCUT2D eigenvalue weighted by Crippen LogP contribution is 2.24. The summed E-state index contributed by atoms with van der Waals surface area (Å²) in [5.74, 6) is 0. The maximum atomic E-state index is 12.3. The Balaban J connectivity index is 1.90. The molecule has 1 aromatic carbocycles. The third-order valence-electron chi connectivity index (χ3n) is 3.61. The van der Waals surface area contributed by atoms with Crippen molar-refractivity contribution in [2.24, 2.45) is 0 Å². The Morgan fingerprint density at radius 3 is 2.33 bits per heavy atom. The van der Waals surface area contributed by atoms with E-state index in [1.54, 1.807) is 24.3 Å². The molecule has 5 heteroatoms. The highest BCUT2D eigenvalue weighted by Gasteiger charge is 2.13. The van der Waals surface area contributed by atoms with Crippen molar-refractivity contribution < 1.29 is 4.79 Å². The molecule has 1 heterocycles. The molecule has 2 rings (SSSR count). The van der Waals surface area contributed by atoms with Gasteiger partial charge in [0.15, 0.2) is 0 Å². The number of benzene rings is 1. The molecule has 0 aliphatic rings. The molecule has 0 bridgehead atoms. The number of thioether (sulfide) groups is 1. The van der Waals surface area contributed by atoms with E-state index in [2.05, 4.69) is 48.4 Å². The van der Waals surface area contributed by atoms with E-state index in [0.717, 1.165) is 11.1 Å². The Bertz CT molecular complexity index is 643. The molecular weight excluding hydrogens is 318 g/mol. The number of hydrogen-bond donors (Lipinski definition) is 1. The first-order valence-electron chi connectivity index (χ1n) is 8.13. The van der Waals surface area contributed by atoms with Gasteiger partial charge in [-0.05, 0) is 42.3 Å². The number of carbonyl (C=O) groups is 1. The average Bonchev–Trinajstić information content (AvgIpc) is 2.55. The number of nitrogens with zero attached hydrogens (tertiary/aromatic N) is 2. The van der Waals surface area contributed by atoms with E-state index in [0.29, 0.717) is 11.8 Å². The number of aromatic nitrogens is 1. The van der Waals surface area contributed by atoms with E-state index in [1.165, 1.54) is 4.90 Å². The lowest BCUT2D eigenvalue weighted by Crippen LogP contribution is -2.38. The minimum absolute atomic E-state index is 0.0320. The van der Waals surface area contributed by atoms with E-state index in [-0.39, 0.29) is 12.1 Å². The van der Waals surface area contributed by atoms with Crippen LogP contribution >= 0.6 is 11.8 Å². The van der Waals surface area contributed by atoms with Crippen molar-refractivity contribution >= 4 is 17.8 Å². The van der Waals surface area contributed by atoms with Crippen molar-refractivity contribution in [2.75, 3.05) is 7.05 Å². The van der Waals surface area contributed by atoms with Crippen molar-refractivity contribution in [3.63, 3.8) is 0 Å². The minimum atomic E-state index is -0.0834. The Morgan fingerprint density at radius 1 is 1.12 bits per heavy atom. The van der Waals surface area contributed by atoms with Crippen LogP contribution in [0.25, 0.3) is 0 Å². The monoisotopic (exact) mass is 343 g/mol. The highest BCUT2D eigenvalue weighted by molar-refractivity contribution is 7.99. The van der Waals surface area contributed by atoms with Gasteiger partial charge in [0.25, 0.3) is 0 Å². The summed E-state index contributed by atoms with van der Waals surface area (Å²) in [7, 11) is 1.80. The molecule has 1 atom stereocenters. The van der Waals surface area contributed by atoms with Gasteiger partial charge < -0.3 is 10.2 Å². The quantitative estimate of drug-likeness (QED) is 0.786. The van der Waals surface area contributed by atoms with Crippen molar-refractivity contribution in [1.82, 2.24) is 15.2 Å². The SMILES string of the molecule is CC(C)Sc1ccc(C(C)NC(=O)N(C)Cc2ccncc2)cc1. The van der Waals surface area contributed by atoms with Crippen LogP contribution in [0.15, 0.2) is 53.7 Å². The van der Waals surface area contributed by atoms with Crippen molar-refractivity contribution in [1.29, 1.82) is 0 Å². The van der Waals surface area contributed by atoms with Gasteiger partial charge in [0.05, 0.1) is 6.04 Å². The summed E-state index contributed by atoms with van der Waals surface area (Å²) < 4.78 is 0. The van der Waals surface area contributed by atoms with Crippen LogP contribution in [0.4, 0.5) is 4.79 Å². The molecule has 0 fully saturated rings. The van der Waals surface area contributed by atoms with Crippen LogP contribution in [0.1, 0.15) is 37.9 Å². The third kappa shape index (κ3) is 5.57. The Hall–Kier alpha value is -2.01. The molecule has 1 unspecified atom stereocenters. The number of urea groups is 1. The molecule has 24 heavy (non-hydrogen) atoms. The molecule has 0 spiro atoms. The van der Waals surface area contributed by atoms with Crippen LogP contribution in [0, 0.1) is 0 Å². The molecule has 2 aromatic rings. The lowest BCUT2D eigenvalue weighted by Gasteiger charge is -2.22. The van der Waals surface area contributed by atoms with Crippen LogP contribution in [-0.2, 0) is 6.54 Å². The maximum Gasteiger partial charge on any atom is 0.317 e. The zero-order chi connectivity index (χ0) is 17.5.